The first-order chi connectivity index (χ1) is 9.69. The van der Waals surface area contributed by atoms with Crippen LogP contribution in [0.2, 0.25) is 0 Å². The lowest BCUT2D eigenvalue weighted by atomic mass is 10.3. The number of nitrogens with two attached hydrogens (primary N) is 1. The summed E-state index contributed by atoms with van der Waals surface area (Å²) in [6, 6.07) is 7.26. The van der Waals surface area contributed by atoms with Crippen LogP contribution in [-0.4, -0.2) is 31.5 Å². The van der Waals surface area contributed by atoms with Gasteiger partial charge in [0.2, 0.25) is 11.8 Å². The number of para-hydroxylation sites is 2. The van der Waals surface area contributed by atoms with Gasteiger partial charge in [-0.25, -0.2) is 0 Å². The number of carbonyl (C=O) groups excluding carboxylic acids is 2. The molecule has 1 fully saturated rings. The van der Waals surface area contributed by atoms with Crippen LogP contribution in [0.25, 0.3) is 0 Å². The molecule has 1 aliphatic carbocycles. The number of hydrogen-bond donors (Lipinski definition) is 3. The summed E-state index contributed by atoms with van der Waals surface area (Å²) >= 11 is 0. The van der Waals surface area contributed by atoms with Crippen molar-refractivity contribution in [2.75, 3.05) is 25.0 Å². The van der Waals surface area contributed by atoms with Crippen molar-refractivity contribution in [1.29, 1.82) is 0 Å². The van der Waals surface area contributed by atoms with E-state index in [1.165, 1.54) is 12.8 Å². The Morgan fingerprint density at radius 2 is 2.00 bits per heavy atom. The van der Waals surface area contributed by atoms with Gasteiger partial charge in [-0.05, 0) is 30.9 Å². The van der Waals surface area contributed by atoms with Gasteiger partial charge in [0, 0.05) is 0 Å². The highest BCUT2D eigenvalue weighted by Gasteiger charge is 2.22. The van der Waals surface area contributed by atoms with Crippen molar-refractivity contribution < 1.29 is 14.3 Å². The Balaban J connectivity index is 1.86. The van der Waals surface area contributed by atoms with Crippen molar-refractivity contribution in [2.45, 2.75) is 12.8 Å². The number of carbonyl (C=O) groups is 2. The molecule has 0 aliphatic heterocycles. The second-order valence-electron chi connectivity index (χ2n) is 4.78. The quantitative estimate of drug-likeness (QED) is 0.676. The molecule has 2 amide bonds. The van der Waals surface area contributed by atoms with Crippen LogP contribution in [0.15, 0.2) is 24.3 Å². The lowest BCUT2D eigenvalue weighted by Gasteiger charge is -2.12. The fraction of sp³-hybridized carbons (Fsp3) is 0.429. The number of benzene rings is 1. The van der Waals surface area contributed by atoms with Crippen LogP contribution in [0.5, 0.6) is 5.75 Å². The summed E-state index contributed by atoms with van der Waals surface area (Å²) in [4.78, 5) is 22.7. The molecule has 0 bridgehead atoms. The maximum absolute atomic E-state index is 11.7. The highest BCUT2D eigenvalue weighted by atomic mass is 16.5. The van der Waals surface area contributed by atoms with Crippen LogP contribution in [0.4, 0.5) is 5.69 Å². The highest BCUT2D eigenvalue weighted by Crippen LogP contribution is 2.31. The van der Waals surface area contributed by atoms with Gasteiger partial charge in [0.15, 0.2) is 0 Å². The Labute approximate surface area is 117 Å². The lowest BCUT2D eigenvalue weighted by molar-refractivity contribution is -0.123. The zero-order valence-electron chi connectivity index (χ0n) is 11.2. The van der Waals surface area contributed by atoms with E-state index in [1.54, 1.807) is 6.07 Å². The maximum Gasteiger partial charge on any atom is 0.243 e. The molecule has 1 aromatic rings. The summed E-state index contributed by atoms with van der Waals surface area (Å²) in [5.74, 6) is 0.619. The molecule has 108 valence electrons. The first kappa shape index (κ1) is 14.3. The largest absolute Gasteiger partial charge is 0.491 e. The summed E-state index contributed by atoms with van der Waals surface area (Å²) in [6.07, 6.45) is 2.42. The zero-order valence-corrected chi connectivity index (χ0v) is 11.2. The van der Waals surface area contributed by atoms with Gasteiger partial charge >= 0.3 is 0 Å². The fourth-order valence-corrected chi connectivity index (χ4v) is 1.63. The molecule has 0 spiro atoms. The number of ether oxygens (including phenoxy) is 1. The molecule has 2 rings (SSSR count). The molecule has 0 radical (unpaired) electrons. The Morgan fingerprint density at radius 1 is 1.25 bits per heavy atom. The average molecular weight is 277 g/mol. The molecule has 1 aromatic carbocycles. The molecular weight excluding hydrogens is 258 g/mol. The first-order valence-corrected chi connectivity index (χ1v) is 6.67. The van der Waals surface area contributed by atoms with Gasteiger partial charge in [-0.15, -0.1) is 0 Å². The third kappa shape index (κ3) is 4.55. The highest BCUT2D eigenvalue weighted by molar-refractivity contribution is 5.95. The van der Waals surface area contributed by atoms with E-state index >= 15 is 0 Å². The number of anilines is 1. The van der Waals surface area contributed by atoms with Gasteiger partial charge in [-0.3, -0.25) is 9.59 Å². The minimum Gasteiger partial charge on any atom is -0.491 e. The molecule has 1 saturated carbocycles. The Hall–Kier alpha value is -2.08. The van der Waals surface area contributed by atoms with Gasteiger partial charge in [-0.1, -0.05) is 12.1 Å². The second kappa shape index (κ2) is 6.91. The van der Waals surface area contributed by atoms with Crippen LogP contribution >= 0.6 is 0 Å². The van der Waals surface area contributed by atoms with Crippen LogP contribution in [0.3, 0.4) is 0 Å². The standard InChI is InChI=1S/C14H19N3O3/c15-7-13(18)16-8-14(19)17-11-3-1-2-4-12(11)20-9-10-5-6-10/h1-4,10H,5-9,15H2,(H,16,18)(H,17,19). The number of nitrogens with one attached hydrogen (secondary N) is 2. The molecule has 4 N–H and O–H groups in total. The van der Waals surface area contributed by atoms with Gasteiger partial charge in [-0.2, -0.15) is 0 Å². The molecule has 6 nitrogen and oxygen atoms in total. The van der Waals surface area contributed by atoms with Crippen LogP contribution in [0, 0.1) is 5.92 Å². The van der Waals surface area contributed by atoms with E-state index in [0.29, 0.717) is 24.0 Å². The summed E-state index contributed by atoms with van der Waals surface area (Å²) in [5, 5.41) is 5.13. The first-order valence-electron chi connectivity index (χ1n) is 6.67. The minimum atomic E-state index is -0.363. The van der Waals surface area contributed by atoms with E-state index in [1.807, 2.05) is 18.2 Å². The van der Waals surface area contributed by atoms with E-state index in [-0.39, 0.29) is 24.9 Å². The predicted octanol–water partition coefficient (Wildman–Crippen LogP) is 0.489. The molecule has 6 heteroatoms. The molecule has 0 unspecified atom stereocenters. The zero-order chi connectivity index (χ0) is 14.4. The van der Waals surface area contributed by atoms with Crippen molar-refractivity contribution in [2.24, 2.45) is 11.7 Å². The summed E-state index contributed by atoms with van der Waals surface area (Å²) in [6.45, 7) is 0.443. The summed E-state index contributed by atoms with van der Waals surface area (Å²) in [5.41, 5.74) is 5.76. The van der Waals surface area contributed by atoms with Crippen LogP contribution in [-0.2, 0) is 9.59 Å². The van der Waals surface area contributed by atoms with Gasteiger partial charge in [0.1, 0.15) is 5.75 Å². The monoisotopic (exact) mass is 277 g/mol. The van der Waals surface area contributed by atoms with E-state index in [9.17, 15) is 9.59 Å². The molecular formula is C14H19N3O3. The normalized spacial score (nSPS) is 13.7. The van der Waals surface area contributed by atoms with Gasteiger partial charge in [0.25, 0.3) is 0 Å². The third-order valence-electron chi connectivity index (χ3n) is 2.96. The van der Waals surface area contributed by atoms with E-state index in [4.69, 9.17) is 10.5 Å². The maximum atomic E-state index is 11.7. The number of rotatable bonds is 7. The van der Waals surface area contributed by atoms with Gasteiger partial charge in [0.05, 0.1) is 25.4 Å². The van der Waals surface area contributed by atoms with Crippen LogP contribution < -0.4 is 21.1 Å². The number of hydrogen-bond acceptors (Lipinski definition) is 4. The number of amides is 2. The molecule has 1 aliphatic rings. The summed E-state index contributed by atoms with van der Waals surface area (Å²) in [7, 11) is 0. The van der Waals surface area contributed by atoms with Crippen molar-refractivity contribution in [3.05, 3.63) is 24.3 Å². The Kier molecular flexibility index (Phi) is 4.95. The summed E-state index contributed by atoms with van der Waals surface area (Å²) < 4.78 is 5.69. The lowest BCUT2D eigenvalue weighted by Crippen LogP contribution is -2.36. The second-order valence-corrected chi connectivity index (χ2v) is 4.78. The fourth-order valence-electron chi connectivity index (χ4n) is 1.63. The minimum absolute atomic E-state index is 0.104. The topological polar surface area (TPSA) is 93.5 Å². The smallest absolute Gasteiger partial charge is 0.243 e. The molecule has 0 heterocycles. The van der Waals surface area contributed by atoms with Crippen molar-refractivity contribution in [3.63, 3.8) is 0 Å². The van der Waals surface area contributed by atoms with Gasteiger partial charge < -0.3 is 21.1 Å². The third-order valence-corrected chi connectivity index (χ3v) is 2.96. The average Bonchev–Trinajstić information content (AvgIpc) is 3.28. The Bertz CT molecular complexity index is 486. The van der Waals surface area contributed by atoms with E-state index < -0.39 is 0 Å². The van der Waals surface area contributed by atoms with Crippen molar-refractivity contribution in [3.8, 4) is 5.75 Å². The van der Waals surface area contributed by atoms with Crippen molar-refractivity contribution >= 4 is 17.5 Å². The van der Waals surface area contributed by atoms with Crippen molar-refractivity contribution in [1.82, 2.24) is 5.32 Å². The molecule has 0 atom stereocenters. The Morgan fingerprint density at radius 3 is 2.70 bits per heavy atom. The molecule has 0 aromatic heterocycles. The van der Waals surface area contributed by atoms with Crippen LogP contribution in [0.1, 0.15) is 12.8 Å². The predicted molar refractivity (Wildman–Crippen MR) is 75.4 cm³/mol. The van der Waals surface area contributed by atoms with E-state index in [2.05, 4.69) is 10.6 Å². The molecule has 0 saturated heterocycles. The molecule has 20 heavy (non-hydrogen) atoms. The van der Waals surface area contributed by atoms with E-state index in [0.717, 1.165) is 0 Å². The SMILES string of the molecule is NCC(=O)NCC(=O)Nc1ccccc1OCC1CC1.